The summed E-state index contributed by atoms with van der Waals surface area (Å²) in [5, 5.41) is 20.0. The van der Waals surface area contributed by atoms with Crippen LogP contribution in [0, 0.1) is 0 Å². The van der Waals surface area contributed by atoms with Crippen molar-refractivity contribution in [1.82, 2.24) is 9.88 Å². The molecule has 3 N–H and O–H groups in total. The van der Waals surface area contributed by atoms with E-state index in [1.54, 1.807) is 0 Å². The highest BCUT2D eigenvalue weighted by atomic mass is 16.3. The average Bonchev–Trinajstić information content (AvgIpc) is 2.95. The smallest absolute Gasteiger partial charge is 0.227 e. The molecule has 0 spiro atoms. The van der Waals surface area contributed by atoms with Crippen molar-refractivity contribution in [1.29, 1.82) is 0 Å². The van der Waals surface area contributed by atoms with Crippen molar-refractivity contribution < 1.29 is 15.0 Å². The zero-order chi connectivity index (χ0) is 13.4. The molecule has 2 atom stereocenters. The van der Waals surface area contributed by atoms with Crippen LogP contribution in [0.4, 0.5) is 0 Å². The Labute approximate surface area is 110 Å². The second-order valence-corrected chi connectivity index (χ2v) is 4.97. The number of aliphatic hydroxyl groups is 2. The van der Waals surface area contributed by atoms with Gasteiger partial charge in [-0.15, -0.1) is 0 Å². The molecule has 1 saturated heterocycles. The predicted molar refractivity (Wildman–Crippen MR) is 70.6 cm³/mol. The maximum atomic E-state index is 12.1. The first kappa shape index (κ1) is 12.2. The van der Waals surface area contributed by atoms with E-state index in [-0.39, 0.29) is 25.4 Å². The number of nitrogens with zero attached hydrogens (tertiary/aromatic N) is 1. The Bertz CT molecular complexity index is 598. The fourth-order valence-electron chi connectivity index (χ4n) is 2.53. The number of nitrogens with one attached hydrogen (secondary N) is 1. The number of aromatic amines is 1. The van der Waals surface area contributed by atoms with Gasteiger partial charge in [0.15, 0.2) is 0 Å². The Morgan fingerprint density at radius 1 is 1.26 bits per heavy atom. The molecule has 1 aromatic heterocycles. The maximum Gasteiger partial charge on any atom is 0.227 e. The van der Waals surface area contributed by atoms with Gasteiger partial charge in [0.2, 0.25) is 5.91 Å². The summed E-state index contributed by atoms with van der Waals surface area (Å²) in [6, 6.07) is 7.82. The first-order valence-electron chi connectivity index (χ1n) is 6.34. The van der Waals surface area contributed by atoms with E-state index in [1.807, 2.05) is 30.5 Å². The molecule has 19 heavy (non-hydrogen) atoms. The van der Waals surface area contributed by atoms with Gasteiger partial charge in [-0.25, -0.2) is 0 Å². The second-order valence-electron chi connectivity index (χ2n) is 4.97. The molecule has 3 rings (SSSR count). The number of H-pyrrole nitrogens is 1. The Morgan fingerprint density at radius 2 is 1.95 bits per heavy atom. The van der Waals surface area contributed by atoms with Gasteiger partial charge in [-0.2, -0.15) is 0 Å². The lowest BCUT2D eigenvalue weighted by molar-refractivity contribution is -0.129. The number of β-amino-alcohol motifs (C(OH)–C–C–N with tert-alkyl or cyclic N) is 2. The third-order valence-electron chi connectivity index (χ3n) is 3.63. The Balaban J connectivity index is 1.76. The number of amides is 1. The normalized spacial score (nSPS) is 23.2. The van der Waals surface area contributed by atoms with Gasteiger partial charge in [0, 0.05) is 30.2 Å². The summed E-state index contributed by atoms with van der Waals surface area (Å²) < 4.78 is 0. The number of fused-ring (bicyclic) bond motifs is 1. The predicted octanol–water partition coefficient (Wildman–Crippen LogP) is 0.274. The van der Waals surface area contributed by atoms with Gasteiger partial charge in [0.1, 0.15) is 0 Å². The summed E-state index contributed by atoms with van der Waals surface area (Å²) in [5.74, 6) is -0.0691. The molecule has 1 aromatic carbocycles. The summed E-state index contributed by atoms with van der Waals surface area (Å²) in [6.45, 7) is 0.421. The zero-order valence-electron chi connectivity index (χ0n) is 10.4. The third kappa shape index (κ3) is 2.22. The van der Waals surface area contributed by atoms with Gasteiger partial charge in [0.25, 0.3) is 0 Å². The Hall–Kier alpha value is -1.85. The zero-order valence-corrected chi connectivity index (χ0v) is 10.4. The lowest BCUT2D eigenvalue weighted by Gasteiger charge is -2.14. The molecule has 0 unspecified atom stereocenters. The molecule has 2 heterocycles. The van der Waals surface area contributed by atoms with Crippen molar-refractivity contribution >= 4 is 16.8 Å². The molecule has 1 fully saturated rings. The number of carbonyl (C=O) groups excluding carboxylic acids is 1. The highest BCUT2D eigenvalue weighted by Crippen LogP contribution is 2.20. The van der Waals surface area contributed by atoms with Gasteiger partial charge in [0.05, 0.1) is 18.6 Å². The van der Waals surface area contributed by atoms with Crippen LogP contribution in [0.5, 0.6) is 0 Å². The van der Waals surface area contributed by atoms with Gasteiger partial charge in [-0.05, 0) is 11.6 Å². The minimum atomic E-state index is -0.827. The SMILES string of the molecule is O=C(Cc1c[nH]c2ccccc12)N1C[C@@H](O)[C@@H](O)C1. The first-order chi connectivity index (χ1) is 9.15. The first-order valence-corrected chi connectivity index (χ1v) is 6.34. The minimum Gasteiger partial charge on any atom is -0.388 e. The average molecular weight is 260 g/mol. The number of benzene rings is 1. The number of rotatable bonds is 2. The van der Waals surface area contributed by atoms with Gasteiger partial charge >= 0.3 is 0 Å². The second kappa shape index (κ2) is 4.68. The standard InChI is InChI=1S/C14H16N2O3/c17-12-7-16(8-13(12)18)14(19)5-9-6-15-11-4-2-1-3-10(9)11/h1-4,6,12-13,15,17-18H,5,7-8H2/t12-,13+. The fourth-order valence-corrected chi connectivity index (χ4v) is 2.53. The number of hydrogen-bond acceptors (Lipinski definition) is 3. The van der Waals surface area contributed by atoms with Crippen molar-refractivity contribution in [2.45, 2.75) is 18.6 Å². The summed E-state index contributed by atoms with van der Waals surface area (Å²) in [5.41, 5.74) is 1.95. The summed E-state index contributed by atoms with van der Waals surface area (Å²) in [6.07, 6.45) is 0.466. The highest BCUT2D eigenvalue weighted by Gasteiger charge is 2.32. The van der Waals surface area contributed by atoms with Crippen LogP contribution in [0.3, 0.4) is 0 Å². The Morgan fingerprint density at radius 3 is 2.68 bits per heavy atom. The molecule has 5 nitrogen and oxygen atoms in total. The third-order valence-corrected chi connectivity index (χ3v) is 3.63. The molecule has 100 valence electrons. The van der Waals surface area contributed by atoms with E-state index in [0.717, 1.165) is 16.5 Å². The van der Waals surface area contributed by atoms with E-state index in [2.05, 4.69) is 4.98 Å². The summed E-state index contributed by atoms with van der Waals surface area (Å²) >= 11 is 0. The van der Waals surface area contributed by atoms with Crippen molar-refractivity contribution in [2.75, 3.05) is 13.1 Å². The summed E-state index contributed by atoms with van der Waals surface area (Å²) in [7, 11) is 0. The number of hydrogen-bond donors (Lipinski definition) is 3. The lowest BCUT2D eigenvalue weighted by Crippen LogP contribution is -2.31. The molecule has 0 saturated carbocycles. The van der Waals surface area contributed by atoms with Crippen molar-refractivity contribution in [2.24, 2.45) is 0 Å². The lowest BCUT2D eigenvalue weighted by atomic mass is 10.1. The van der Waals surface area contributed by atoms with Gasteiger partial charge in [-0.3, -0.25) is 4.79 Å². The molecule has 1 aliphatic rings. The summed E-state index contributed by atoms with van der Waals surface area (Å²) in [4.78, 5) is 16.8. The van der Waals surface area contributed by atoms with Crippen molar-refractivity contribution in [3.63, 3.8) is 0 Å². The van der Waals surface area contributed by atoms with Gasteiger partial charge in [-0.1, -0.05) is 18.2 Å². The van der Waals surface area contributed by atoms with E-state index >= 15 is 0 Å². The quantitative estimate of drug-likeness (QED) is 0.725. The molecular weight excluding hydrogens is 244 g/mol. The van der Waals surface area contributed by atoms with Crippen LogP contribution in [-0.4, -0.2) is 51.3 Å². The number of aromatic nitrogens is 1. The maximum absolute atomic E-state index is 12.1. The van der Waals surface area contributed by atoms with Crippen LogP contribution in [0.2, 0.25) is 0 Å². The van der Waals surface area contributed by atoms with Crippen molar-refractivity contribution in [3.8, 4) is 0 Å². The van der Waals surface area contributed by atoms with E-state index in [4.69, 9.17) is 0 Å². The van der Waals surface area contributed by atoms with Crippen LogP contribution in [-0.2, 0) is 11.2 Å². The molecular formula is C14H16N2O3. The molecule has 2 aromatic rings. The largest absolute Gasteiger partial charge is 0.388 e. The molecule has 1 amide bonds. The number of aliphatic hydroxyl groups excluding tert-OH is 2. The van der Waals surface area contributed by atoms with Crippen LogP contribution >= 0.6 is 0 Å². The van der Waals surface area contributed by atoms with E-state index in [0.29, 0.717) is 0 Å². The van der Waals surface area contributed by atoms with Crippen LogP contribution in [0.15, 0.2) is 30.5 Å². The minimum absolute atomic E-state index is 0.0691. The van der Waals surface area contributed by atoms with Crippen molar-refractivity contribution in [3.05, 3.63) is 36.0 Å². The molecule has 0 radical (unpaired) electrons. The molecule has 1 aliphatic heterocycles. The van der Waals surface area contributed by atoms with Gasteiger partial charge < -0.3 is 20.1 Å². The number of likely N-dealkylation sites (tertiary alicyclic amines) is 1. The number of carbonyl (C=O) groups is 1. The molecule has 0 aliphatic carbocycles. The van der Waals surface area contributed by atoms with E-state index in [9.17, 15) is 15.0 Å². The van der Waals surface area contributed by atoms with Crippen LogP contribution in [0.25, 0.3) is 10.9 Å². The van der Waals surface area contributed by atoms with E-state index < -0.39 is 12.2 Å². The topological polar surface area (TPSA) is 76.6 Å². The molecule has 0 bridgehead atoms. The van der Waals surface area contributed by atoms with E-state index in [1.165, 1.54) is 4.90 Å². The number of para-hydroxylation sites is 1. The highest BCUT2D eigenvalue weighted by molar-refractivity contribution is 5.89. The monoisotopic (exact) mass is 260 g/mol. The molecule has 5 heteroatoms. The van der Waals surface area contributed by atoms with Crippen LogP contribution in [0.1, 0.15) is 5.56 Å². The van der Waals surface area contributed by atoms with Crippen LogP contribution < -0.4 is 0 Å². The Kier molecular flexibility index (Phi) is 3.00. The fraction of sp³-hybridized carbons (Fsp3) is 0.357.